The molecule has 0 aliphatic rings. The van der Waals surface area contributed by atoms with E-state index < -0.39 is 17.9 Å². The zero-order valence-corrected chi connectivity index (χ0v) is 12.9. The van der Waals surface area contributed by atoms with Gasteiger partial charge in [-0.3, -0.25) is 9.59 Å². The summed E-state index contributed by atoms with van der Waals surface area (Å²) >= 11 is 0. The van der Waals surface area contributed by atoms with Gasteiger partial charge in [-0.2, -0.15) is 5.26 Å². The van der Waals surface area contributed by atoms with Crippen LogP contribution in [0.15, 0.2) is 30.0 Å². The second kappa shape index (κ2) is 8.29. The fourth-order valence-corrected chi connectivity index (χ4v) is 1.57. The maximum Gasteiger partial charge on any atom is 0.325 e. The van der Waals surface area contributed by atoms with E-state index in [0.29, 0.717) is 17.2 Å². The Hall–Kier alpha value is -3.21. The summed E-state index contributed by atoms with van der Waals surface area (Å²) in [6, 6.07) is 5.57. The third kappa shape index (κ3) is 4.93. The summed E-state index contributed by atoms with van der Waals surface area (Å²) in [6.07, 6.45) is 1.19. The van der Waals surface area contributed by atoms with Gasteiger partial charge in [-0.1, -0.05) is 0 Å². The number of hydrogen-bond donors (Lipinski definition) is 3. The van der Waals surface area contributed by atoms with Crippen LogP contribution in [0.5, 0.6) is 11.5 Å². The normalized spacial score (nSPS) is 11.8. The molecular weight excluding hydrogens is 302 g/mol. The molecule has 23 heavy (non-hydrogen) atoms. The van der Waals surface area contributed by atoms with Gasteiger partial charge in [0.05, 0.1) is 14.2 Å². The predicted octanol–water partition coefficient (Wildman–Crippen LogP) is 1.11. The van der Waals surface area contributed by atoms with E-state index in [-0.39, 0.29) is 5.57 Å². The molecule has 1 rings (SSSR count). The summed E-state index contributed by atoms with van der Waals surface area (Å²) < 4.78 is 10.2. The molecule has 0 heterocycles. The molecule has 1 unspecified atom stereocenters. The number of ether oxygens (including phenoxy) is 2. The first-order valence-corrected chi connectivity index (χ1v) is 6.55. The number of carbonyl (C=O) groups is 2. The van der Waals surface area contributed by atoms with Gasteiger partial charge in [0.25, 0.3) is 5.91 Å². The lowest BCUT2D eigenvalue weighted by Crippen LogP contribution is -2.39. The first-order chi connectivity index (χ1) is 10.9. The maximum atomic E-state index is 11.8. The van der Waals surface area contributed by atoms with Gasteiger partial charge in [0.1, 0.15) is 17.7 Å². The smallest absolute Gasteiger partial charge is 0.325 e. The monoisotopic (exact) mass is 319 g/mol. The van der Waals surface area contributed by atoms with Crippen molar-refractivity contribution in [2.45, 2.75) is 13.0 Å². The summed E-state index contributed by atoms with van der Waals surface area (Å²) in [6.45, 7) is 1.30. The minimum atomic E-state index is -1.19. The molecule has 1 atom stereocenters. The number of anilines is 1. The van der Waals surface area contributed by atoms with Gasteiger partial charge in [0, 0.05) is 18.0 Å². The van der Waals surface area contributed by atoms with E-state index in [1.54, 1.807) is 24.3 Å². The molecule has 1 aromatic rings. The molecule has 0 bridgehead atoms. The van der Waals surface area contributed by atoms with Gasteiger partial charge in [-0.05, 0) is 19.1 Å². The molecule has 0 radical (unpaired) electrons. The molecular formula is C15H17N3O5. The van der Waals surface area contributed by atoms with E-state index in [4.69, 9.17) is 19.8 Å². The molecule has 0 fully saturated rings. The Labute approximate surface area is 133 Å². The topological polar surface area (TPSA) is 121 Å². The maximum absolute atomic E-state index is 11.8. The standard InChI is InChI=1S/C15H17N3O5/c1-9(15(20)21)18-14(19)10(7-16)8-17-11-4-5-12(22-2)13(6-11)23-3/h4-6,8-9,17H,1-3H3,(H,18,19)(H,20,21)/b10-8-. The highest BCUT2D eigenvalue weighted by atomic mass is 16.5. The number of methoxy groups -OCH3 is 2. The summed E-state index contributed by atoms with van der Waals surface area (Å²) in [5, 5.41) is 22.7. The summed E-state index contributed by atoms with van der Waals surface area (Å²) in [5.41, 5.74) is 0.308. The fraction of sp³-hybridized carbons (Fsp3) is 0.267. The SMILES string of the molecule is COc1ccc(N/C=C(/C#N)C(=O)NC(C)C(=O)O)cc1OC. The zero-order chi connectivity index (χ0) is 17.4. The van der Waals surface area contributed by atoms with Gasteiger partial charge in [0.15, 0.2) is 11.5 Å². The number of benzene rings is 1. The lowest BCUT2D eigenvalue weighted by molar-refractivity contribution is -0.140. The van der Waals surface area contributed by atoms with Crippen molar-refractivity contribution in [3.63, 3.8) is 0 Å². The molecule has 0 saturated heterocycles. The van der Waals surface area contributed by atoms with E-state index in [0.717, 1.165) is 0 Å². The van der Waals surface area contributed by atoms with E-state index in [1.807, 2.05) is 0 Å². The second-order valence-electron chi connectivity index (χ2n) is 4.42. The Kier molecular flexibility index (Phi) is 6.43. The van der Waals surface area contributed by atoms with Crippen LogP contribution in [0.4, 0.5) is 5.69 Å². The van der Waals surface area contributed by atoms with E-state index >= 15 is 0 Å². The van der Waals surface area contributed by atoms with Crippen LogP contribution in [0, 0.1) is 11.3 Å². The molecule has 3 N–H and O–H groups in total. The Balaban J connectivity index is 2.86. The lowest BCUT2D eigenvalue weighted by atomic mass is 10.2. The van der Waals surface area contributed by atoms with Gasteiger partial charge in [0.2, 0.25) is 0 Å². The number of nitrogens with one attached hydrogen (secondary N) is 2. The van der Waals surface area contributed by atoms with Gasteiger partial charge in [-0.25, -0.2) is 0 Å². The number of aliphatic carboxylic acids is 1. The number of rotatable bonds is 7. The molecule has 0 aliphatic carbocycles. The molecule has 0 saturated carbocycles. The number of nitrogens with zero attached hydrogens (tertiary/aromatic N) is 1. The average Bonchev–Trinajstić information content (AvgIpc) is 2.54. The lowest BCUT2D eigenvalue weighted by Gasteiger charge is -2.10. The second-order valence-corrected chi connectivity index (χ2v) is 4.42. The molecule has 0 spiro atoms. The Morgan fingerprint density at radius 1 is 1.30 bits per heavy atom. The molecule has 1 amide bonds. The van der Waals surface area contributed by atoms with Crippen LogP contribution < -0.4 is 20.1 Å². The van der Waals surface area contributed by atoms with Crippen LogP contribution in [-0.4, -0.2) is 37.2 Å². The predicted molar refractivity (Wildman–Crippen MR) is 82.1 cm³/mol. The van der Waals surface area contributed by atoms with Crippen molar-refractivity contribution in [2.24, 2.45) is 0 Å². The van der Waals surface area contributed by atoms with Crippen molar-refractivity contribution in [3.8, 4) is 17.6 Å². The molecule has 1 aromatic carbocycles. The van der Waals surface area contributed by atoms with Crippen molar-refractivity contribution >= 4 is 17.6 Å². The largest absolute Gasteiger partial charge is 0.493 e. The average molecular weight is 319 g/mol. The molecule has 0 aliphatic heterocycles. The summed E-state index contributed by atoms with van der Waals surface area (Å²) in [4.78, 5) is 22.5. The highest BCUT2D eigenvalue weighted by Gasteiger charge is 2.17. The number of nitriles is 1. The number of carboxylic acids is 1. The highest BCUT2D eigenvalue weighted by Crippen LogP contribution is 2.29. The van der Waals surface area contributed by atoms with E-state index in [9.17, 15) is 9.59 Å². The fourth-order valence-electron chi connectivity index (χ4n) is 1.57. The number of carboxylic acid groups (broad SMARTS) is 1. The first-order valence-electron chi connectivity index (χ1n) is 6.55. The first kappa shape index (κ1) is 17.8. The minimum Gasteiger partial charge on any atom is -0.493 e. The van der Waals surface area contributed by atoms with Crippen molar-refractivity contribution in [1.29, 1.82) is 5.26 Å². The summed E-state index contributed by atoms with van der Waals surface area (Å²) in [7, 11) is 2.99. The van der Waals surface area contributed by atoms with Crippen molar-refractivity contribution < 1.29 is 24.2 Å². The van der Waals surface area contributed by atoms with Crippen LogP contribution in [0.2, 0.25) is 0 Å². The third-order valence-corrected chi connectivity index (χ3v) is 2.85. The van der Waals surface area contributed by atoms with Crippen LogP contribution in [-0.2, 0) is 9.59 Å². The van der Waals surface area contributed by atoms with Crippen molar-refractivity contribution in [2.75, 3.05) is 19.5 Å². The van der Waals surface area contributed by atoms with Gasteiger partial charge >= 0.3 is 5.97 Å². The van der Waals surface area contributed by atoms with E-state index in [1.165, 1.54) is 27.3 Å². The van der Waals surface area contributed by atoms with Gasteiger partial charge < -0.3 is 25.2 Å². The third-order valence-electron chi connectivity index (χ3n) is 2.85. The van der Waals surface area contributed by atoms with E-state index in [2.05, 4.69) is 10.6 Å². The zero-order valence-electron chi connectivity index (χ0n) is 12.9. The Morgan fingerprint density at radius 3 is 2.48 bits per heavy atom. The summed E-state index contributed by atoms with van der Waals surface area (Å²) in [5.74, 6) is -0.956. The minimum absolute atomic E-state index is 0.257. The van der Waals surface area contributed by atoms with Crippen LogP contribution >= 0.6 is 0 Å². The Morgan fingerprint density at radius 2 is 1.96 bits per heavy atom. The van der Waals surface area contributed by atoms with Gasteiger partial charge in [-0.15, -0.1) is 0 Å². The molecule has 8 nitrogen and oxygen atoms in total. The molecule has 8 heteroatoms. The molecule has 0 aromatic heterocycles. The van der Waals surface area contributed by atoms with Crippen molar-refractivity contribution in [1.82, 2.24) is 5.32 Å². The molecule has 122 valence electrons. The van der Waals surface area contributed by atoms with Crippen molar-refractivity contribution in [3.05, 3.63) is 30.0 Å². The van der Waals surface area contributed by atoms with Crippen LogP contribution in [0.3, 0.4) is 0 Å². The number of carbonyl (C=O) groups excluding carboxylic acids is 1. The quantitative estimate of drug-likeness (QED) is 0.508. The van der Waals surface area contributed by atoms with Crippen LogP contribution in [0.1, 0.15) is 6.92 Å². The number of amides is 1. The number of hydrogen-bond acceptors (Lipinski definition) is 6. The van der Waals surface area contributed by atoms with Crippen LogP contribution in [0.25, 0.3) is 0 Å². The highest BCUT2D eigenvalue weighted by molar-refractivity contribution is 5.99. The Bertz CT molecular complexity index is 664.